The molecule has 0 radical (unpaired) electrons. The van der Waals surface area contributed by atoms with E-state index in [1.807, 2.05) is 6.07 Å². The fourth-order valence-electron chi connectivity index (χ4n) is 1.51. The summed E-state index contributed by atoms with van der Waals surface area (Å²) in [6, 6.07) is 2.21. The molecule has 2 nitrogen and oxygen atoms in total. The number of furan rings is 1. The lowest BCUT2D eigenvalue weighted by Gasteiger charge is -2.14. The largest absolute Gasteiger partial charge is 0.457 e. The lowest BCUT2D eigenvalue weighted by Crippen LogP contribution is -2.20. The van der Waals surface area contributed by atoms with Crippen LogP contribution in [0.15, 0.2) is 21.4 Å². The molecule has 3 heteroatoms. The summed E-state index contributed by atoms with van der Waals surface area (Å²) >= 11 is 3.41. The van der Waals surface area contributed by atoms with Crippen molar-refractivity contribution in [1.82, 2.24) is 5.32 Å². The summed E-state index contributed by atoms with van der Waals surface area (Å²) in [6.07, 6.45) is 2.49. The Balaban J connectivity index is 2.74. The molecular weight excluding hydrogens is 278 g/mol. The van der Waals surface area contributed by atoms with E-state index in [1.54, 1.807) is 6.26 Å². The molecule has 1 aromatic heterocycles. The van der Waals surface area contributed by atoms with E-state index in [2.05, 4.69) is 60.8 Å². The minimum Gasteiger partial charge on any atom is -0.457 e. The molecule has 0 aromatic carbocycles. The number of nitrogens with one attached hydrogen (secondary N) is 1. The van der Waals surface area contributed by atoms with E-state index in [9.17, 15) is 0 Å². The number of halogens is 1. The van der Waals surface area contributed by atoms with E-state index >= 15 is 0 Å². The SMILES string of the molecule is CCNC(CC#CC(C)(C)C)c1ccoc1Br. The van der Waals surface area contributed by atoms with Gasteiger partial charge in [-0.25, -0.2) is 0 Å². The average molecular weight is 298 g/mol. The molecule has 0 aliphatic carbocycles. The molecule has 1 aromatic rings. The highest BCUT2D eigenvalue weighted by Crippen LogP contribution is 2.26. The highest BCUT2D eigenvalue weighted by molar-refractivity contribution is 9.10. The van der Waals surface area contributed by atoms with Crippen molar-refractivity contribution < 1.29 is 4.42 Å². The highest BCUT2D eigenvalue weighted by atomic mass is 79.9. The molecule has 1 atom stereocenters. The fraction of sp³-hybridized carbons (Fsp3) is 0.571. The normalized spacial score (nSPS) is 13.0. The maximum Gasteiger partial charge on any atom is 0.173 e. The first-order valence-corrected chi connectivity index (χ1v) is 6.69. The lowest BCUT2D eigenvalue weighted by atomic mass is 9.97. The van der Waals surface area contributed by atoms with Crippen LogP contribution in [0.4, 0.5) is 0 Å². The van der Waals surface area contributed by atoms with Crippen LogP contribution in [0.25, 0.3) is 0 Å². The van der Waals surface area contributed by atoms with Crippen molar-refractivity contribution in [2.45, 2.75) is 40.2 Å². The summed E-state index contributed by atoms with van der Waals surface area (Å²) in [5, 5.41) is 3.42. The third-order valence-electron chi connectivity index (χ3n) is 2.24. The Morgan fingerprint density at radius 1 is 1.47 bits per heavy atom. The topological polar surface area (TPSA) is 25.2 Å². The van der Waals surface area contributed by atoms with Crippen molar-refractivity contribution >= 4 is 15.9 Å². The Kier molecular flexibility index (Phi) is 5.30. The molecule has 1 unspecified atom stereocenters. The lowest BCUT2D eigenvalue weighted by molar-refractivity contribution is 0.511. The van der Waals surface area contributed by atoms with Crippen LogP contribution in [0.5, 0.6) is 0 Å². The van der Waals surface area contributed by atoms with Crippen LogP contribution in [0.3, 0.4) is 0 Å². The van der Waals surface area contributed by atoms with Crippen LogP contribution in [-0.2, 0) is 0 Å². The third-order valence-corrected chi connectivity index (χ3v) is 2.89. The number of hydrogen-bond acceptors (Lipinski definition) is 2. The van der Waals surface area contributed by atoms with Gasteiger partial charge in [-0.3, -0.25) is 0 Å². The van der Waals surface area contributed by atoms with Crippen molar-refractivity contribution in [1.29, 1.82) is 0 Å². The van der Waals surface area contributed by atoms with Gasteiger partial charge >= 0.3 is 0 Å². The minimum atomic E-state index is 0.0599. The summed E-state index contributed by atoms with van der Waals surface area (Å²) < 4.78 is 6.06. The molecule has 94 valence electrons. The van der Waals surface area contributed by atoms with E-state index in [4.69, 9.17) is 4.42 Å². The zero-order valence-electron chi connectivity index (χ0n) is 10.9. The highest BCUT2D eigenvalue weighted by Gasteiger charge is 2.14. The van der Waals surface area contributed by atoms with Gasteiger partial charge in [0, 0.05) is 23.4 Å². The maximum atomic E-state index is 5.27. The molecule has 1 rings (SSSR count). The smallest absolute Gasteiger partial charge is 0.173 e. The Morgan fingerprint density at radius 3 is 2.65 bits per heavy atom. The van der Waals surface area contributed by atoms with Crippen LogP contribution < -0.4 is 5.32 Å². The molecule has 1 heterocycles. The van der Waals surface area contributed by atoms with Gasteiger partial charge in [0.1, 0.15) is 0 Å². The summed E-state index contributed by atoms with van der Waals surface area (Å²) in [5.74, 6) is 6.51. The first kappa shape index (κ1) is 14.3. The molecule has 0 saturated heterocycles. The zero-order valence-corrected chi connectivity index (χ0v) is 12.5. The molecule has 0 fully saturated rings. The van der Waals surface area contributed by atoms with E-state index in [1.165, 1.54) is 0 Å². The van der Waals surface area contributed by atoms with E-state index in [0.29, 0.717) is 0 Å². The van der Waals surface area contributed by atoms with E-state index in [0.717, 1.165) is 23.2 Å². The van der Waals surface area contributed by atoms with Crippen LogP contribution in [0.2, 0.25) is 0 Å². The molecule has 0 aliphatic rings. The second-order valence-electron chi connectivity index (χ2n) is 5.02. The van der Waals surface area contributed by atoms with Gasteiger partial charge in [0.15, 0.2) is 4.67 Å². The second-order valence-corrected chi connectivity index (χ2v) is 5.74. The van der Waals surface area contributed by atoms with Crippen LogP contribution in [0.1, 0.15) is 45.7 Å². The zero-order chi connectivity index (χ0) is 12.9. The van der Waals surface area contributed by atoms with Gasteiger partial charge in [-0.15, -0.1) is 5.92 Å². The number of rotatable bonds is 4. The summed E-state index contributed by atoms with van der Waals surface area (Å²) in [4.78, 5) is 0. The molecule has 1 N–H and O–H groups in total. The predicted octanol–water partition coefficient (Wildman–Crippen LogP) is 4.13. The van der Waals surface area contributed by atoms with Crippen molar-refractivity contribution in [3.8, 4) is 11.8 Å². The van der Waals surface area contributed by atoms with Gasteiger partial charge in [0.25, 0.3) is 0 Å². The van der Waals surface area contributed by atoms with Crippen molar-refractivity contribution in [2.75, 3.05) is 6.54 Å². The molecular formula is C14H20BrNO. The van der Waals surface area contributed by atoms with Crippen LogP contribution in [-0.4, -0.2) is 6.54 Å². The summed E-state index contributed by atoms with van der Waals surface area (Å²) in [5.41, 5.74) is 1.19. The van der Waals surface area contributed by atoms with Gasteiger partial charge in [0.2, 0.25) is 0 Å². The van der Waals surface area contributed by atoms with Gasteiger partial charge < -0.3 is 9.73 Å². The Hall–Kier alpha value is -0.720. The van der Waals surface area contributed by atoms with Gasteiger partial charge in [-0.1, -0.05) is 12.8 Å². The van der Waals surface area contributed by atoms with Gasteiger partial charge in [-0.2, -0.15) is 0 Å². The summed E-state index contributed by atoms with van der Waals surface area (Å²) in [7, 11) is 0. The molecule has 17 heavy (non-hydrogen) atoms. The third kappa shape index (κ3) is 4.97. The molecule has 0 saturated carbocycles. The van der Waals surface area contributed by atoms with Crippen molar-refractivity contribution in [3.05, 3.63) is 22.6 Å². The molecule has 0 bridgehead atoms. The molecule has 0 aliphatic heterocycles. The molecule has 0 amide bonds. The first-order valence-electron chi connectivity index (χ1n) is 5.90. The van der Waals surface area contributed by atoms with E-state index < -0.39 is 0 Å². The van der Waals surface area contributed by atoms with Gasteiger partial charge in [-0.05, 0) is 49.3 Å². The summed E-state index contributed by atoms with van der Waals surface area (Å²) in [6.45, 7) is 9.37. The number of hydrogen-bond donors (Lipinski definition) is 1. The monoisotopic (exact) mass is 297 g/mol. The van der Waals surface area contributed by atoms with Crippen molar-refractivity contribution in [3.63, 3.8) is 0 Å². The predicted molar refractivity (Wildman–Crippen MR) is 74.7 cm³/mol. The fourth-order valence-corrected chi connectivity index (χ4v) is 2.03. The average Bonchev–Trinajstić information content (AvgIpc) is 2.61. The maximum absolute atomic E-state index is 5.27. The van der Waals surface area contributed by atoms with Crippen molar-refractivity contribution in [2.24, 2.45) is 5.41 Å². The van der Waals surface area contributed by atoms with Gasteiger partial charge in [0.05, 0.1) is 6.26 Å². The quantitative estimate of drug-likeness (QED) is 0.845. The first-order chi connectivity index (χ1) is 7.94. The Labute approximate surface area is 112 Å². The minimum absolute atomic E-state index is 0.0599. The Morgan fingerprint density at radius 2 is 2.18 bits per heavy atom. The van der Waals surface area contributed by atoms with E-state index in [-0.39, 0.29) is 11.5 Å². The Bertz CT molecular complexity index is 406. The van der Waals surface area contributed by atoms with Crippen LogP contribution in [0, 0.1) is 17.3 Å². The second kappa shape index (κ2) is 6.28. The van der Waals surface area contributed by atoms with Crippen LogP contribution >= 0.6 is 15.9 Å². The molecule has 0 spiro atoms. The standard InChI is InChI=1S/C14H20BrNO/c1-5-16-12(7-6-9-14(2,3)4)11-8-10-17-13(11)15/h8,10,12,16H,5,7H2,1-4H3.